The molecule has 1 rings (SSSR count). The summed E-state index contributed by atoms with van der Waals surface area (Å²) in [4.78, 5) is 0. The third-order valence-corrected chi connectivity index (χ3v) is 12.2. The Labute approximate surface area is 136 Å². The van der Waals surface area contributed by atoms with Crippen molar-refractivity contribution in [3.8, 4) is 12.1 Å². The van der Waals surface area contributed by atoms with Gasteiger partial charge in [-0.3, -0.25) is 0 Å². The molecule has 0 atom stereocenters. The van der Waals surface area contributed by atoms with E-state index in [1.165, 1.54) is 0 Å². The van der Waals surface area contributed by atoms with Crippen molar-refractivity contribution in [3.63, 3.8) is 0 Å². The molecule has 0 saturated carbocycles. The van der Waals surface area contributed by atoms with Crippen molar-refractivity contribution >= 4 is 30.4 Å². The molecule has 118 valence electrons. The largest absolute Gasteiger partial charge is 0.433 e. The monoisotopic (exact) mass is 348 g/mol. The highest BCUT2D eigenvalue weighted by atomic mass is 28.5. The van der Waals surface area contributed by atoms with Crippen molar-refractivity contribution in [2.24, 2.45) is 0 Å². The van der Waals surface area contributed by atoms with Crippen LogP contribution in [-0.4, -0.2) is 25.2 Å². The smallest absolute Gasteiger partial charge is 0.348 e. The second-order valence-corrected chi connectivity index (χ2v) is 19.9. The molecule has 0 fully saturated rings. The van der Waals surface area contributed by atoms with Crippen LogP contribution in [0.3, 0.4) is 0 Å². The first kappa shape index (κ1) is 18.8. The fourth-order valence-electron chi connectivity index (χ4n) is 2.32. The topological polar surface area (TPSA) is 66.0 Å². The van der Waals surface area contributed by atoms with Crippen LogP contribution in [0.25, 0.3) is 0 Å². The predicted octanol–water partition coefficient (Wildman–Crippen LogP) is 3.41. The van der Waals surface area contributed by atoms with E-state index in [2.05, 4.69) is 51.4 Å². The number of nitrogens with zero attached hydrogens (tertiary/aromatic N) is 2. The zero-order valence-electron chi connectivity index (χ0n) is 14.4. The minimum Gasteiger partial charge on any atom is -0.433 e. The number of rotatable bonds is 5. The molecule has 0 unspecified atom stereocenters. The Morgan fingerprint density at radius 2 is 1.23 bits per heavy atom. The summed E-state index contributed by atoms with van der Waals surface area (Å²) in [5, 5.41) is 19.3. The zero-order valence-corrected chi connectivity index (χ0v) is 17.4. The normalized spacial score (nSPS) is 12.6. The molecule has 0 saturated heterocycles. The van der Waals surface area contributed by atoms with Crippen LogP contribution in [-0.2, 0) is 8.23 Å². The molecule has 7 heteroatoms. The predicted molar refractivity (Wildman–Crippen MR) is 96.0 cm³/mol. The summed E-state index contributed by atoms with van der Waals surface area (Å²) in [6, 6.07) is 9.49. The fourth-order valence-corrected chi connectivity index (χ4v) is 13.9. The highest BCUT2D eigenvalue weighted by Gasteiger charge is 2.42. The van der Waals surface area contributed by atoms with E-state index in [1.807, 2.05) is 12.6 Å². The van der Waals surface area contributed by atoms with Crippen LogP contribution < -0.4 is 5.19 Å². The Hall–Kier alpha value is -1.23. The Morgan fingerprint density at radius 1 is 0.773 bits per heavy atom. The number of hydrogen-bond donors (Lipinski definition) is 0. The zero-order chi connectivity index (χ0) is 17.2. The molecule has 1 aromatic rings. The van der Waals surface area contributed by atoms with E-state index in [0.29, 0.717) is 11.1 Å². The van der Waals surface area contributed by atoms with Crippen LogP contribution >= 0.6 is 0 Å². The van der Waals surface area contributed by atoms with E-state index in [9.17, 15) is 5.26 Å². The van der Waals surface area contributed by atoms with E-state index < -0.39 is 25.2 Å². The highest BCUT2D eigenvalue weighted by Crippen LogP contribution is 2.21. The van der Waals surface area contributed by atoms with Gasteiger partial charge in [0.2, 0.25) is 0 Å². The lowest BCUT2D eigenvalue weighted by Crippen LogP contribution is -2.60. The van der Waals surface area contributed by atoms with Crippen molar-refractivity contribution in [3.05, 3.63) is 29.3 Å². The van der Waals surface area contributed by atoms with Crippen molar-refractivity contribution in [1.82, 2.24) is 0 Å². The maximum absolute atomic E-state index is 9.25. The Morgan fingerprint density at radius 3 is 1.59 bits per heavy atom. The number of benzene rings is 1. The van der Waals surface area contributed by atoms with E-state index in [4.69, 9.17) is 13.5 Å². The van der Waals surface area contributed by atoms with Crippen molar-refractivity contribution < 1.29 is 8.23 Å². The Bertz CT molecular complexity index is 618. The lowest BCUT2D eigenvalue weighted by molar-refractivity contribution is 0.404. The van der Waals surface area contributed by atoms with Gasteiger partial charge in [0.1, 0.15) is 12.1 Å². The maximum Gasteiger partial charge on any atom is 0.348 e. The van der Waals surface area contributed by atoms with Gasteiger partial charge in [-0.1, -0.05) is 6.07 Å². The third-order valence-electron chi connectivity index (χ3n) is 2.79. The molecule has 1 aromatic carbocycles. The maximum atomic E-state index is 9.25. The number of nitriles is 2. The Kier molecular flexibility index (Phi) is 5.55. The SMILES string of the molecule is C[Si](C)(C)O[Si](C)(O[Si](C)(C)C)c1ccc(C#N)c(C#N)c1. The molecule has 0 heterocycles. The van der Waals surface area contributed by atoms with Crippen LogP contribution in [0.15, 0.2) is 18.2 Å². The molecular weight excluding hydrogens is 324 g/mol. The molecule has 0 spiro atoms. The lowest BCUT2D eigenvalue weighted by Gasteiger charge is -2.38. The highest BCUT2D eigenvalue weighted by molar-refractivity contribution is 6.94. The quantitative estimate of drug-likeness (QED) is 0.765. The molecule has 0 aliphatic rings. The molecular formula is C15H24N2O2Si3. The first-order valence-electron chi connectivity index (χ1n) is 7.25. The van der Waals surface area contributed by atoms with Crippen LogP contribution in [0.4, 0.5) is 0 Å². The van der Waals surface area contributed by atoms with E-state index in [1.54, 1.807) is 12.1 Å². The molecule has 0 amide bonds. The fraction of sp³-hybridized carbons (Fsp3) is 0.467. The van der Waals surface area contributed by atoms with Crippen LogP contribution in [0.5, 0.6) is 0 Å². The minimum atomic E-state index is -2.62. The van der Waals surface area contributed by atoms with Gasteiger partial charge in [-0.25, -0.2) is 0 Å². The van der Waals surface area contributed by atoms with Gasteiger partial charge in [0.15, 0.2) is 16.6 Å². The second kappa shape index (κ2) is 6.49. The minimum absolute atomic E-state index is 0.386. The van der Waals surface area contributed by atoms with Gasteiger partial charge in [-0.15, -0.1) is 0 Å². The van der Waals surface area contributed by atoms with Crippen LogP contribution in [0.2, 0.25) is 45.8 Å². The summed E-state index contributed by atoms with van der Waals surface area (Å²) < 4.78 is 12.9. The summed E-state index contributed by atoms with van der Waals surface area (Å²) in [6.45, 7) is 14.9. The van der Waals surface area contributed by atoms with Crippen molar-refractivity contribution in [2.75, 3.05) is 0 Å². The molecule has 4 nitrogen and oxygen atoms in total. The van der Waals surface area contributed by atoms with Gasteiger partial charge in [0.25, 0.3) is 0 Å². The van der Waals surface area contributed by atoms with E-state index in [0.717, 1.165) is 5.19 Å². The summed E-state index contributed by atoms with van der Waals surface area (Å²) in [6.07, 6.45) is 0. The second-order valence-electron chi connectivity index (χ2n) is 7.36. The first-order valence-corrected chi connectivity index (χ1v) is 16.4. The van der Waals surface area contributed by atoms with Gasteiger partial charge in [-0.2, -0.15) is 10.5 Å². The van der Waals surface area contributed by atoms with Crippen LogP contribution in [0, 0.1) is 22.7 Å². The molecule has 0 radical (unpaired) electrons. The van der Waals surface area contributed by atoms with E-state index >= 15 is 0 Å². The Balaban J connectivity index is 3.40. The summed E-state index contributed by atoms with van der Waals surface area (Å²) in [7, 11) is -6.24. The average Bonchev–Trinajstić information content (AvgIpc) is 2.33. The van der Waals surface area contributed by atoms with Gasteiger partial charge in [0.05, 0.1) is 11.1 Å². The molecule has 0 N–H and O–H groups in total. The van der Waals surface area contributed by atoms with Gasteiger partial charge in [-0.05, 0) is 63.1 Å². The van der Waals surface area contributed by atoms with Gasteiger partial charge >= 0.3 is 8.56 Å². The lowest BCUT2D eigenvalue weighted by atomic mass is 10.1. The summed E-state index contributed by atoms with van der Waals surface area (Å²) in [5.41, 5.74) is 0.778. The van der Waals surface area contributed by atoms with Gasteiger partial charge in [0, 0.05) is 0 Å². The van der Waals surface area contributed by atoms with Crippen LogP contribution in [0.1, 0.15) is 11.1 Å². The molecule has 22 heavy (non-hydrogen) atoms. The van der Waals surface area contributed by atoms with Crippen molar-refractivity contribution in [1.29, 1.82) is 10.5 Å². The van der Waals surface area contributed by atoms with Gasteiger partial charge < -0.3 is 8.23 Å². The summed E-state index contributed by atoms with van der Waals surface area (Å²) >= 11 is 0. The van der Waals surface area contributed by atoms with E-state index in [-0.39, 0.29) is 0 Å². The molecule has 0 aliphatic heterocycles. The molecule has 0 bridgehead atoms. The number of hydrogen-bond acceptors (Lipinski definition) is 4. The van der Waals surface area contributed by atoms with Crippen molar-refractivity contribution in [2.45, 2.75) is 45.8 Å². The molecule has 0 aromatic heterocycles. The average molecular weight is 349 g/mol. The molecule has 0 aliphatic carbocycles. The third kappa shape index (κ3) is 5.20. The standard InChI is InChI=1S/C15H24N2O2Si3/c1-20(2,3)18-22(7,19-21(4,5)6)15-9-8-13(11-16)14(10-15)12-17/h8-10H,1-7H3. The summed E-state index contributed by atoms with van der Waals surface area (Å²) in [5.74, 6) is 0. The first-order chi connectivity index (χ1) is 9.90.